The van der Waals surface area contributed by atoms with E-state index in [-0.39, 0.29) is 11.2 Å². The lowest BCUT2D eigenvalue weighted by Crippen LogP contribution is -2.41. The molecule has 1 nitrogen and oxygen atoms in total. The van der Waals surface area contributed by atoms with Crippen molar-refractivity contribution >= 4 is 11.6 Å². The fourth-order valence-corrected chi connectivity index (χ4v) is 2.66. The van der Waals surface area contributed by atoms with Gasteiger partial charge in [-0.1, -0.05) is 18.0 Å². The van der Waals surface area contributed by atoms with Crippen molar-refractivity contribution in [1.82, 2.24) is 0 Å². The summed E-state index contributed by atoms with van der Waals surface area (Å²) in [7, 11) is 0. The molecule has 1 aromatic rings. The second-order valence-corrected chi connectivity index (χ2v) is 4.83. The van der Waals surface area contributed by atoms with Gasteiger partial charge < -0.3 is 5.73 Å². The molecular weight excluding hydrogens is 213 g/mol. The first-order chi connectivity index (χ1) is 7.09. The van der Waals surface area contributed by atoms with Crippen molar-refractivity contribution in [1.29, 1.82) is 0 Å². The van der Waals surface area contributed by atoms with Crippen LogP contribution in [0.1, 0.15) is 30.4 Å². The van der Waals surface area contributed by atoms with Crippen molar-refractivity contribution < 1.29 is 4.39 Å². The van der Waals surface area contributed by atoms with Gasteiger partial charge in [0.2, 0.25) is 0 Å². The van der Waals surface area contributed by atoms with Gasteiger partial charge in [-0.25, -0.2) is 4.39 Å². The molecule has 1 fully saturated rings. The highest BCUT2D eigenvalue weighted by molar-refractivity contribution is 6.31. The van der Waals surface area contributed by atoms with E-state index in [1.54, 1.807) is 19.1 Å². The summed E-state index contributed by atoms with van der Waals surface area (Å²) in [5, 5.41) is 0.652. The van der Waals surface area contributed by atoms with Gasteiger partial charge in [0, 0.05) is 17.0 Å². The summed E-state index contributed by atoms with van der Waals surface area (Å²) in [4.78, 5) is 0. The van der Waals surface area contributed by atoms with Crippen molar-refractivity contribution in [3.05, 3.63) is 34.1 Å². The molecule has 2 rings (SSSR count). The first kappa shape index (κ1) is 10.9. The lowest BCUT2D eigenvalue weighted by molar-refractivity contribution is 0.252. The van der Waals surface area contributed by atoms with Gasteiger partial charge in [0.25, 0.3) is 0 Å². The highest BCUT2D eigenvalue weighted by Gasteiger charge is 2.39. The van der Waals surface area contributed by atoms with Crippen LogP contribution in [0.15, 0.2) is 12.1 Å². The summed E-state index contributed by atoms with van der Waals surface area (Å²) in [5.74, 6) is -0.186. The maximum Gasteiger partial charge on any atom is 0.126 e. The summed E-state index contributed by atoms with van der Waals surface area (Å²) in [6.07, 6.45) is 3.19. The molecule has 15 heavy (non-hydrogen) atoms. The molecule has 0 radical (unpaired) electrons. The van der Waals surface area contributed by atoms with E-state index in [2.05, 4.69) is 0 Å². The Bertz CT molecular complexity index is 380. The zero-order valence-electron chi connectivity index (χ0n) is 8.82. The number of hydrogen-bond donors (Lipinski definition) is 1. The average Bonchev–Trinajstić information content (AvgIpc) is 2.12. The van der Waals surface area contributed by atoms with Gasteiger partial charge in [-0.05, 0) is 43.0 Å². The topological polar surface area (TPSA) is 26.0 Å². The smallest absolute Gasteiger partial charge is 0.126 e. The second kappa shape index (κ2) is 3.76. The van der Waals surface area contributed by atoms with E-state index in [1.165, 1.54) is 0 Å². The Balaban J connectivity index is 2.47. The van der Waals surface area contributed by atoms with Crippen molar-refractivity contribution in [2.24, 2.45) is 5.73 Å². The predicted molar refractivity (Wildman–Crippen MR) is 60.7 cm³/mol. The number of hydrogen-bond acceptors (Lipinski definition) is 1. The second-order valence-electron chi connectivity index (χ2n) is 4.42. The summed E-state index contributed by atoms with van der Waals surface area (Å²) in [6.45, 7) is 2.27. The Hall–Kier alpha value is -0.600. The molecule has 1 saturated carbocycles. The van der Waals surface area contributed by atoms with E-state index >= 15 is 0 Å². The minimum absolute atomic E-state index is 0.0639. The van der Waals surface area contributed by atoms with Crippen LogP contribution in [0.25, 0.3) is 0 Å². The van der Waals surface area contributed by atoms with Gasteiger partial charge in [0.15, 0.2) is 0 Å². The zero-order valence-corrected chi connectivity index (χ0v) is 9.57. The van der Waals surface area contributed by atoms with Crippen LogP contribution in [0.4, 0.5) is 4.39 Å². The maximum absolute atomic E-state index is 13.5. The third kappa shape index (κ3) is 1.66. The molecule has 1 aromatic carbocycles. The van der Waals surface area contributed by atoms with Crippen LogP contribution in [-0.4, -0.2) is 6.54 Å². The molecule has 0 amide bonds. The third-order valence-corrected chi connectivity index (χ3v) is 3.83. The average molecular weight is 228 g/mol. The first-order valence-corrected chi connectivity index (χ1v) is 5.63. The first-order valence-electron chi connectivity index (χ1n) is 5.25. The van der Waals surface area contributed by atoms with Crippen LogP contribution in [0.5, 0.6) is 0 Å². The molecule has 1 aliphatic rings. The molecule has 0 heterocycles. The van der Waals surface area contributed by atoms with Gasteiger partial charge in [0.1, 0.15) is 5.82 Å². The summed E-state index contributed by atoms with van der Waals surface area (Å²) in [5.41, 5.74) is 7.20. The lowest BCUT2D eigenvalue weighted by atomic mass is 9.64. The highest BCUT2D eigenvalue weighted by Crippen LogP contribution is 2.45. The van der Waals surface area contributed by atoms with E-state index in [1.807, 2.05) is 0 Å². The molecule has 0 spiro atoms. The van der Waals surface area contributed by atoms with E-state index in [4.69, 9.17) is 17.3 Å². The summed E-state index contributed by atoms with van der Waals surface area (Å²) >= 11 is 6.16. The molecule has 0 atom stereocenters. The number of nitrogens with two attached hydrogens (primary N) is 1. The molecule has 0 aromatic heterocycles. The van der Waals surface area contributed by atoms with Crippen LogP contribution >= 0.6 is 11.6 Å². The Morgan fingerprint density at radius 1 is 1.47 bits per heavy atom. The van der Waals surface area contributed by atoms with Crippen LogP contribution in [0.3, 0.4) is 0 Å². The number of benzene rings is 1. The predicted octanol–water partition coefficient (Wildman–Crippen LogP) is 3.17. The van der Waals surface area contributed by atoms with Gasteiger partial charge in [-0.2, -0.15) is 0 Å². The van der Waals surface area contributed by atoms with E-state index in [0.717, 1.165) is 24.8 Å². The quantitative estimate of drug-likeness (QED) is 0.825. The van der Waals surface area contributed by atoms with Crippen LogP contribution in [-0.2, 0) is 5.41 Å². The molecule has 0 bridgehead atoms. The minimum atomic E-state index is -0.186. The molecule has 0 saturated heterocycles. The highest BCUT2D eigenvalue weighted by atomic mass is 35.5. The third-order valence-electron chi connectivity index (χ3n) is 3.52. The standard InChI is InChI=1S/C12H15ClFN/c1-8-5-10(13)9(6-11(8)14)12(7-15)3-2-4-12/h5-6H,2-4,7,15H2,1H3. The van der Waals surface area contributed by atoms with E-state index in [0.29, 0.717) is 17.1 Å². The van der Waals surface area contributed by atoms with Crippen molar-refractivity contribution in [2.45, 2.75) is 31.6 Å². The van der Waals surface area contributed by atoms with Crippen LogP contribution < -0.4 is 5.73 Å². The zero-order chi connectivity index (χ0) is 11.1. The fraction of sp³-hybridized carbons (Fsp3) is 0.500. The Morgan fingerprint density at radius 3 is 2.60 bits per heavy atom. The van der Waals surface area contributed by atoms with Gasteiger partial charge >= 0.3 is 0 Å². The molecule has 0 aliphatic heterocycles. The van der Waals surface area contributed by atoms with Gasteiger partial charge in [-0.15, -0.1) is 0 Å². The van der Waals surface area contributed by atoms with Crippen LogP contribution in [0.2, 0.25) is 5.02 Å². The normalized spacial score (nSPS) is 18.7. The van der Waals surface area contributed by atoms with E-state index in [9.17, 15) is 4.39 Å². The van der Waals surface area contributed by atoms with Crippen molar-refractivity contribution in [3.63, 3.8) is 0 Å². The van der Waals surface area contributed by atoms with Crippen LogP contribution in [0, 0.1) is 12.7 Å². The molecular formula is C12H15ClFN. The van der Waals surface area contributed by atoms with Gasteiger partial charge in [0.05, 0.1) is 0 Å². The monoisotopic (exact) mass is 227 g/mol. The Morgan fingerprint density at radius 2 is 2.13 bits per heavy atom. The molecule has 1 aliphatic carbocycles. The number of halogens is 2. The molecule has 3 heteroatoms. The van der Waals surface area contributed by atoms with Gasteiger partial charge in [-0.3, -0.25) is 0 Å². The lowest BCUT2D eigenvalue weighted by Gasteiger charge is -2.42. The molecule has 82 valence electrons. The SMILES string of the molecule is Cc1cc(Cl)c(C2(CN)CCC2)cc1F. The van der Waals surface area contributed by atoms with Crippen molar-refractivity contribution in [2.75, 3.05) is 6.54 Å². The maximum atomic E-state index is 13.5. The fourth-order valence-electron chi connectivity index (χ4n) is 2.24. The Labute approximate surface area is 94.4 Å². The summed E-state index contributed by atoms with van der Waals surface area (Å²) < 4.78 is 13.5. The van der Waals surface area contributed by atoms with Crippen molar-refractivity contribution in [3.8, 4) is 0 Å². The summed E-state index contributed by atoms with van der Waals surface area (Å²) in [6, 6.07) is 3.26. The van der Waals surface area contributed by atoms with E-state index < -0.39 is 0 Å². The molecule has 2 N–H and O–H groups in total. The Kier molecular flexibility index (Phi) is 2.73. The molecule has 0 unspecified atom stereocenters. The largest absolute Gasteiger partial charge is 0.330 e. The number of aryl methyl sites for hydroxylation is 1. The number of rotatable bonds is 2. The minimum Gasteiger partial charge on any atom is -0.330 e.